The Kier molecular flexibility index (Phi) is 5.15. The van der Waals surface area contributed by atoms with Crippen LogP contribution in [0.1, 0.15) is 11.1 Å². The highest BCUT2D eigenvalue weighted by Gasteiger charge is 2.48. The van der Waals surface area contributed by atoms with E-state index in [1.165, 1.54) is 0 Å². The molecule has 10 heteroatoms. The third kappa shape index (κ3) is 2.49. The Morgan fingerprint density at radius 3 is 0.957 bits per heavy atom. The van der Waals surface area contributed by atoms with Crippen molar-refractivity contribution in [3.8, 4) is 11.1 Å². The predicted octanol–water partition coefficient (Wildman–Crippen LogP) is 9.57. The second-order valence-corrected chi connectivity index (χ2v) is 8.94. The number of hydrogen-bond acceptors (Lipinski definition) is 0. The number of benzene rings is 2. The summed E-state index contributed by atoms with van der Waals surface area (Å²) in [6.45, 7) is 0. The Morgan fingerprint density at radius 2 is 0.652 bits per heavy atom. The molecule has 0 atom stereocenters. The molecule has 3 rings (SSSR count). The lowest BCUT2D eigenvalue weighted by atomic mass is 10.1. The summed E-state index contributed by atoms with van der Waals surface area (Å²) in [7, 11) is 0. The Labute approximate surface area is 181 Å². The van der Waals surface area contributed by atoms with Crippen LogP contribution in [-0.2, 0) is 4.33 Å². The van der Waals surface area contributed by atoms with Gasteiger partial charge in [0.2, 0.25) is 0 Å². The molecule has 1 aliphatic rings. The minimum absolute atomic E-state index is 0.0139. The molecule has 0 heterocycles. The van der Waals surface area contributed by atoms with Gasteiger partial charge < -0.3 is 0 Å². The van der Waals surface area contributed by atoms with Gasteiger partial charge in [-0.1, -0.05) is 116 Å². The molecule has 0 amide bonds. The van der Waals surface area contributed by atoms with E-state index in [4.69, 9.17) is 116 Å². The molecule has 0 bridgehead atoms. The first-order valence-electron chi connectivity index (χ1n) is 5.64. The second kappa shape index (κ2) is 6.20. The molecule has 0 saturated heterocycles. The Balaban J connectivity index is 2.63. The molecule has 0 saturated carbocycles. The molecule has 0 radical (unpaired) electrons. The summed E-state index contributed by atoms with van der Waals surface area (Å²) >= 11 is 62.6. The Hall–Kier alpha value is 1.34. The van der Waals surface area contributed by atoms with Crippen molar-refractivity contribution in [2.45, 2.75) is 4.33 Å². The van der Waals surface area contributed by atoms with Crippen LogP contribution in [0.15, 0.2) is 0 Å². The van der Waals surface area contributed by atoms with Crippen molar-refractivity contribution in [2.75, 3.05) is 0 Å². The van der Waals surface area contributed by atoms with Gasteiger partial charge in [0.1, 0.15) is 0 Å². The molecule has 0 N–H and O–H groups in total. The monoisotopic (exact) mass is 506 g/mol. The molecule has 0 aliphatic heterocycles. The first kappa shape index (κ1) is 19.1. The maximum atomic E-state index is 6.51. The molecule has 1 aliphatic carbocycles. The molecule has 0 aromatic heterocycles. The van der Waals surface area contributed by atoms with Gasteiger partial charge >= 0.3 is 0 Å². The quantitative estimate of drug-likeness (QED) is 0.188. The summed E-state index contributed by atoms with van der Waals surface area (Å²) < 4.78 is -1.69. The zero-order chi connectivity index (χ0) is 17.4. The van der Waals surface area contributed by atoms with Gasteiger partial charge in [-0.25, -0.2) is 0 Å². The minimum Gasteiger partial charge on any atom is -0.0907 e. The highest BCUT2D eigenvalue weighted by molar-refractivity contribution is 6.60. The first-order valence-corrected chi connectivity index (χ1v) is 9.42. The van der Waals surface area contributed by atoms with Crippen molar-refractivity contribution < 1.29 is 0 Å². The summed E-state index contributed by atoms with van der Waals surface area (Å²) in [6, 6.07) is 0. The summed E-state index contributed by atoms with van der Waals surface area (Å²) in [5.41, 5.74) is 1.08. The van der Waals surface area contributed by atoms with Crippen LogP contribution in [0.4, 0.5) is 0 Å². The van der Waals surface area contributed by atoms with Crippen molar-refractivity contribution in [3.05, 3.63) is 51.3 Å². The molecule has 2 aromatic rings. The van der Waals surface area contributed by atoms with Gasteiger partial charge in [0.05, 0.1) is 40.2 Å². The van der Waals surface area contributed by atoms with Gasteiger partial charge in [-0.2, -0.15) is 0 Å². The summed E-state index contributed by atoms with van der Waals surface area (Å²) in [4.78, 5) is 0. The molecular weight excluding hydrogens is 511 g/mol. The van der Waals surface area contributed by atoms with Crippen LogP contribution in [0, 0.1) is 0 Å². The number of hydrogen-bond donors (Lipinski definition) is 0. The van der Waals surface area contributed by atoms with Gasteiger partial charge in [-0.05, 0) is 0 Å². The van der Waals surface area contributed by atoms with Crippen LogP contribution < -0.4 is 0 Å². The van der Waals surface area contributed by atoms with Crippen LogP contribution in [0.2, 0.25) is 40.2 Å². The van der Waals surface area contributed by atoms with Gasteiger partial charge in [0, 0.05) is 22.3 Å². The maximum Gasteiger partial charge on any atom is 0.172 e. The largest absolute Gasteiger partial charge is 0.172 e. The third-order valence-corrected chi connectivity index (χ3v) is 7.77. The fourth-order valence-electron chi connectivity index (χ4n) is 2.45. The molecular formula is C13Cl10. The predicted molar refractivity (Wildman–Crippen MR) is 104 cm³/mol. The highest BCUT2D eigenvalue weighted by Crippen LogP contribution is 2.65. The number of rotatable bonds is 0. The van der Waals surface area contributed by atoms with Crippen molar-refractivity contribution in [2.24, 2.45) is 0 Å². The van der Waals surface area contributed by atoms with Gasteiger partial charge in [-0.3, -0.25) is 0 Å². The molecule has 23 heavy (non-hydrogen) atoms. The molecule has 0 fully saturated rings. The number of fused-ring (bicyclic) bond motifs is 3. The normalized spacial score (nSPS) is 14.9. The lowest BCUT2D eigenvalue weighted by molar-refractivity contribution is 1.09. The van der Waals surface area contributed by atoms with Crippen molar-refractivity contribution in [3.63, 3.8) is 0 Å². The van der Waals surface area contributed by atoms with Crippen molar-refractivity contribution in [1.29, 1.82) is 0 Å². The van der Waals surface area contributed by atoms with Crippen LogP contribution >= 0.6 is 116 Å². The Bertz CT molecular complexity index is 812. The van der Waals surface area contributed by atoms with Gasteiger partial charge in [0.15, 0.2) is 4.33 Å². The highest BCUT2D eigenvalue weighted by atomic mass is 35.5. The molecule has 2 aromatic carbocycles. The molecule has 0 unspecified atom stereocenters. The van der Waals surface area contributed by atoms with Crippen molar-refractivity contribution >= 4 is 116 Å². The molecule has 0 spiro atoms. The lowest BCUT2D eigenvalue weighted by Crippen LogP contribution is -2.10. The molecule has 0 nitrogen and oxygen atoms in total. The second-order valence-electron chi connectivity index (χ2n) is 4.59. The number of alkyl halides is 2. The first-order chi connectivity index (χ1) is 10.5. The van der Waals surface area contributed by atoms with Crippen LogP contribution in [0.5, 0.6) is 0 Å². The fourth-order valence-corrected chi connectivity index (χ4v) is 5.57. The summed E-state index contributed by atoms with van der Waals surface area (Å²) in [5, 5.41) is 0.335. The zero-order valence-corrected chi connectivity index (χ0v) is 17.8. The van der Waals surface area contributed by atoms with E-state index >= 15 is 0 Å². The van der Waals surface area contributed by atoms with Crippen LogP contribution in [-0.4, -0.2) is 0 Å². The van der Waals surface area contributed by atoms with E-state index in [9.17, 15) is 0 Å². The minimum atomic E-state index is -1.69. The topological polar surface area (TPSA) is 0 Å². The van der Waals surface area contributed by atoms with E-state index in [1.807, 2.05) is 0 Å². The SMILES string of the molecule is Clc1c(Cl)c(Cl)c2c(c1Cl)-c1c(Cl)c(Cl)c(Cl)c(Cl)c1C2(Cl)Cl. The van der Waals surface area contributed by atoms with Gasteiger partial charge in [0.25, 0.3) is 0 Å². The van der Waals surface area contributed by atoms with E-state index in [2.05, 4.69) is 0 Å². The number of halogens is 10. The van der Waals surface area contributed by atoms with Crippen LogP contribution in [0.3, 0.4) is 0 Å². The average Bonchev–Trinajstić information content (AvgIpc) is 2.74. The van der Waals surface area contributed by atoms with E-state index in [0.29, 0.717) is 11.1 Å². The Morgan fingerprint density at radius 1 is 0.391 bits per heavy atom. The fraction of sp³-hybridized carbons (Fsp3) is 0.0769. The smallest absolute Gasteiger partial charge is 0.0907 e. The molecule has 122 valence electrons. The van der Waals surface area contributed by atoms with E-state index in [0.717, 1.165) is 0 Å². The van der Waals surface area contributed by atoms with E-state index in [1.54, 1.807) is 0 Å². The zero-order valence-electron chi connectivity index (χ0n) is 10.3. The third-order valence-electron chi connectivity index (χ3n) is 3.41. The van der Waals surface area contributed by atoms with E-state index < -0.39 is 4.33 Å². The standard InChI is InChI=1S/C13Cl10/c14-5-1-2-4(8(17)12(21)10(19)6(2)15)13(22,23)3(1)7(16)11(20)9(5)18. The van der Waals surface area contributed by atoms with E-state index in [-0.39, 0.29) is 51.3 Å². The average molecular weight is 511 g/mol. The van der Waals surface area contributed by atoms with Crippen molar-refractivity contribution in [1.82, 2.24) is 0 Å². The van der Waals surface area contributed by atoms with Gasteiger partial charge in [-0.15, -0.1) is 0 Å². The summed E-state index contributed by atoms with van der Waals surface area (Å²) in [5.74, 6) is 0. The lowest BCUT2D eigenvalue weighted by Gasteiger charge is -2.20. The van der Waals surface area contributed by atoms with Crippen LogP contribution in [0.25, 0.3) is 11.1 Å². The maximum absolute atomic E-state index is 6.51. The summed E-state index contributed by atoms with van der Waals surface area (Å²) in [6.07, 6.45) is 0.